The fraction of sp³-hybridized carbons (Fsp3) is 1.00. The normalized spacial score (nSPS) is 15.8. The molecule has 0 aromatic carbocycles. The molecule has 1 atom stereocenters. The third-order valence-corrected chi connectivity index (χ3v) is 14.6. The molecule has 0 spiro atoms. The largest absolute Gasteiger partial charge is 0.437 e. The molecule has 0 fully saturated rings. The lowest BCUT2D eigenvalue weighted by Crippen LogP contribution is -2.54. The van der Waals surface area contributed by atoms with Crippen LogP contribution in [0.1, 0.15) is 6.92 Å². The predicted molar refractivity (Wildman–Crippen MR) is 86.2 cm³/mol. The van der Waals surface area contributed by atoms with Gasteiger partial charge in [0, 0.05) is 6.61 Å². The fourth-order valence-corrected chi connectivity index (χ4v) is 17.8. The Morgan fingerprint density at radius 2 is 1.33 bits per heavy atom. The van der Waals surface area contributed by atoms with Gasteiger partial charge in [0.1, 0.15) is 0 Å². The van der Waals surface area contributed by atoms with Crippen molar-refractivity contribution in [1.82, 2.24) is 0 Å². The van der Waals surface area contributed by atoms with E-state index < -0.39 is 34.7 Å². The molecule has 0 radical (unpaired) electrons. The van der Waals surface area contributed by atoms with Gasteiger partial charge in [-0.15, -0.1) is 0 Å². The summed E-state index contributed by atoms with van der Waals surface area (Å²) in [5.41, 5.74) is 0. The lowest BCUT2D eigenvalue weighted by molar-refractivity contribution is 0.256. The van der Waals surface area contributed by atoms with Gasteiger partial charge in [-0.1, -0.05) is 0 Å². The van der Waals surface area contributed by atoms with Crippen LogP contribution in [-0.2, 0) is 16.8 Å². The first-order valence-electron chi connectivity index (χ1n) is 6.57. The first-order chi connectivity index (χ1) is 7.87. The minimum Gasteiger partial charge on any atom is -0.437 e. The van der Waals surface area contributed by atoms with Gasteiger partial charge in [0.2, 0.25) is 0 Å². The molecule has 4 nitrogen and oxygen atoms in total. The Kier molecular flexibility index (Phi) is 7.20. The zero-order valence-electron chi connectivity index (χ0n) is 13.4. The number of hydrogen-bond acceptors (Lipinski definition) is 4. The number of hydrogen-bond donors (Lipinski definition) is 0. The third kappa shape index (κ3) is 9.61. The van der Waals surface area contributed by atoms with Crippen LogP contribution in [0.15, 0.2) is 0 Å². The van der Waals surface area contributed by atoms with Crippen LogP contribution < -0.4 is 0 Å². The summed E-state index contributed by atoms with van der Waals surface area (Å²) < 4.78 is 24.0. The quantitative estimate of drug-likeness (QED) is 0.642. The van der Waals surface area contributed by atoms with Crippen LogP contribution in [0.4, 0.5) is 0 Å². The van der Waals surface area contributed by atoms with E-state index in [0.29, 0.717) is 6.61 Å². The molecule has 0 saturated heterocycles. The van der Waals surface area contributed by atoms with Crippen molar-refractivity contribution in [2.45, 2.75) is 59.3 Å². The Morgan fingerprint density at radius 3 is 1.72 bits per heavy atom. The van der Waals surface area contributed by atoms with Crippen LogP contribution in [0, 0.1) is 0 Å². The van der Waals surface area contributed by atoms with Crippen LogP contribution in [-0.4, -0.2) is 41.3 Å². The van der Waals surface area contributed by atoms with Crippen LogP contribution in [0.2, 0.25) is 52.4 Å². The van der Waals surface area contributed by atoms with Crippen molar-refractivity contribution in [2.75, 3.05) is 6.61 Å². The van der Waals surface area contributed by atoms with Gasteiger partial charge >= 0.3 is 26.4 Å². The van der Waals surface area contributed by atoms with Crippen molar-refractivity contribution in [1.29, 1.82) is 0 Å². The zero-order chi connectivity index (χ0) is 14.6. The lowest BCUT2D eigenvalue weighted by Gasteiger charge is -2.37. The summed E-state index contributed by atoms with van der Waals surface area (Å²) in [7, 11) is -7.36. The first-order valence-corrected chi connectivity index (χ1v) is 17.7. The van der Waals surface area contributed by atoms with Crippen molar-refractivity contribution >= 4 is 34.7 Å². The molecule has 0 saturated carbocycles. The Hall–Kier alpha value is 0.708. The summed E-state index contributed by atoms with van der Waals surface area (Å²) in [6.07, 6.45) is 0. The molecule has 0 amide bonds. The molecule has 0 aromatic rings. The highest BCUT2D eigenvalue weighted by Gasteiger charge is 2.40. The van der Waals surface area contributed by atoms with Gasteiger partial charge in [0.05, 0.1) is 0 Å². The van der Waals surface area contributed by atoms with Crippen molar-refractivity contribution in [3.05, 3.63) is 0 Å². The van der Waals surface area contributed by atoms with Crippen molar-refractivity contribution in [3.63, 3.8) is 0 Å². The van der Waals surface area contributed by atoms with Gasteiger partial charge in [-0.05, 0) is 59.3 Å². The van der Waals surface area contributed by atoms with E-state index in [1.807, 2.05) is 6.92 Å². The second-order valence-electron chi connectivity index (χ2n) is 6.26. The van der Waals surface area contributed by atoms with E-state index in [9.17, 15) is 0 Å². The van der Waals surface area contributed by atoms with Crippen molar-refractivity contribution in [2.24, 2.45) is 0 Å². The van der Waals surface area contributed by atoms with Gasteiger partial charge in [-0.2, -0.15) is 0 Å². The van der Waals surface area contributed by atoms with Crippen LogP contribution in [0.5, 0.6) is 0 Å². The van der Waals surface area contributed by atoms with Crippen molar-refractivity contribution < 1.29 is 16.8 Å². The molecule has 0 N–H and O–H groups in total. The molecule has 18 heavy (non-hydrogen) atoms. The van der Waals surface area contributed by atoms with E-state index in [0.717, 1.165) is 0 Å². The minimum absolute atomic E-state index is 0.712. The molecule has 1 unspecified atom stereocenters. The van der Waals surface area contributed by atoms with E-state index in [2.05, 4.69) is 52.4 Å². The minimum atomic E-state index is -2.14. The highest BCUT2D eigenvalue weighted by Crippen LogP contribution is 2.21. The maximum atomic E-state index is 6.24. The Labute approximate surface area is 117 Å². The van der Waals surface area contributed by atoms with Crippen molar-refractivity contribution in [3.8, 4) is 0 Å². The molecule has 8 heteroatoms. The molecular formula is C10H30O4Si4. The third-order valence-electron chi connectivity index (χ3n) is 1.89. The molecule has 110 valence electrons. The van der Waals surface area contributed by atoms with E-state index in [1.165, 1.54) is 0 Å². The van der Waals surface area contributed by atoms with Gasteiger partial charge in [0.15, 0.2) is 8.32 Å². The predicted octanol–water partition coefficient (Wildman–Crippen LogP) is 3.16. The molecule has 0 heterocycles. The summed E-state index contributed by atoms with van der Waals surface area (Å²) >= 11 is 0. The highest BCUT2D eigenvalue weighted by molar-refractivity contribution is 6.87. The molecule has 0 aromatic heterocycles. The standard InChI is InChI=1S/C10H30O4Si4/c1-10-11-15(2)12-17(6,7)14-18(8,9)13-16(3,4)5/h15H,10H2,1-9H3. The second-order valence-corrected chi connectivity index (χ2v) is 20.1. The summed E-state index contributed by atoms with van der Waals surface area (Å²) in [4.78, 5) is 0. The van der Waals surface area contributed by atoms with Crippen LogP contribution >= 0.6 is 0 Å². The Balaban J connectivity index is 4.45. The van der Waals surface area contributed by atoms with Crippen LogP contribution in [0.25, 0.3) is 0 Å². The molecule has 0 aliphatic carbocycles. The van der Waals surface area contributed by atoms with Gasteiger partial charge < -0.3 is 16.8 Å². The maximum absolute atomic E-state index is 6.24. The molecule has 0 bridgehead atoms. The van der Waals surface area contributed by atoms with Gasteiger partial charge in [-0.3, -0.25) is 0 Å². The molecule has 0 aliphatic rings. The summed E-state index contributed by atoms with van der Waals surface area (Å²) in [5, 5.41) is 0. The fourth-order valence-electron chi connectivity index (χ4n) is 2.04. The maximum Gasteiger partial charge on any atom is 0.313 e. The summed E-state index contributed by atoms with van der Waals surface area (Å²) in [5.74, 6) is 0. The van der Waals surface area contributed by atoms with E-state index in [1.54, 1.807) is 0 Å². The summed E-state index contributed by atoms with van der Waals surface area (Å²) in [6.45, 7) is 19.7. The molecular weight excluding hydrogens is 296 g/mol. The van der Waals surface area contributed by atoms with E-state index >= 15 is 0 Å². The Bertz CT molecular complexity index is 253. The van der Waals surface area contributed by atoms with Crippen LogP contribution in [0.3, 0.4) is 0 Å². The smallest absolute Gasteiger partial charge is 0.313 e. The highest BCUT2D eigenvalue weighted by atomic mass is 28.5. The van der Waals surface area contributed by atoms with Gasteiger partial charge in [-0.25, -0.2) is 0 Å². The number of rotatable bonds is 8. The SMILES string of the molecule is CCO[SiH](C)O[Si](C)(C)O[Si](C)(C)O[Si](C)(C)C. The lowest BCUT2D eigenvalue weighted by atomic mass is 10.9. The average Bonchev–Trinajstić information content (AvgIpc) is 1.93. The zero-order valence-corrected chi connectivity index (χ0v) is 17.6. The monoisotopic (exact) mass is 326 g/mol. The van der Waals surface area contributed by atoms with E-state index in [-0.39, 0.29) is 0 Å². The second kappa shape index (κ2) is 6.93. The first kappa shape index (κ1) is 18.7. The Morgan fingerprint density at radius 1 is 0.833 bits per heavy atom. The topological polar surface area (TPSA) is 36.9 Å². The van der Waals surface area contributed by atoms with E-state index in [4.69, 9.17) is 16.8 Å². The summed E-state index contributed by atoms with van der Waals surface area (Å²) in [6, 6.07) is 0. The van der Waals surface area contributed by atoms with Gasteiger partial charge in [0.25, 0.3) is 0 Å². The molecule has 0 aliphatic heterocycles. The average molecular weight is 327 g/mol. The molecule has 0 rings (SSSR count).